The molecule has 8 heteroatoms. The molecule has 1 aromatic carbocycles. The third-order valence-electron chi connectivity index (χ3n) is 4.30. The molecule has 1 aliphatic carbocycles. The number of benzene rings is 1. The molecule has 0 amide bonds. The Balaban J connectivity index is 2.32. The lowest BCUT2D eigenvalue weighted by Crippen LogP contribution is -2.13. The Morgan fingerprint density at radius 1 is 1.00 bits per heavy atom. The third-order valence-corrected chi connectivity index (χ3v) is 8.94. The van der Waals surface area contributed by atoms with Crippen molar-refractivity contribution in [3.63, 3.8) is 0 Å². The molecule has 0 aliphatic heterocycles. The van der Waals surface area contributed by atoms with Crippen molar-refractivity contribution in [2.45, 2.75) is 61.0 Å². The van der Waals surface area contributed by atoms with Crippen LogP contribution in [-0.4, -0.2) is 33.6 Å². The van der Waals surface area contributed by atoms with Gasteiger partial charge in [-0.2, -0.15) is 0 Å². The van der Waals surface area contributed by atoms with E-state index in [1.165, 1.54) is 31.4 Å². The molecule has 0 aromatic heterocycles. The summed E-state index contributed by atoms with van der Waals surface area (Å²) in [5.74, 6) is -0.117. The van der Waals surface area contributed by atoms with Gasteiger partial charge in [-0.3, -0.25) is 0 Å². The largest absolute Gasteiger partial charge is 0.328 e. The normalized spacial score (nSPS) is 16.9. The van der Waals surface area contributed by atoms with Crippen LogP contribution in [0.15, 0.2) is 28.0 Å². The monoisotopic (exact) mass is 391 g/mol. The molecule has 0 saturated heterocycles. The lowest BCUT2D eigenvalue weighted by Gasteiger charge is -2.22. The number of rotatable bonds is 7. The number of anilines is 1. The number of hydrogen-bond acceptors (Lipinski definition) is 6. The summed E-state index contributed by atoms with van der Waals surface area (Å²) in [4.78, 5) is 0.132. The zero-order valence-corrected chi connectivity index (χ0v) is 16.6. The van der Waals surface area contributed by atoms with E-state index in [9.17, 15) is 16.8 Å². The van der Waals surface area contributed by atoms with Crippen LogP contribution in [0.1, 0.15) is 46.0 Å². The van der Waals surface area contributed by atoms with Gasteiger partial charge in [-0.1, -0.05) is 33.1 Å². The minimum Gasteiger partial charge on any atom is -0.328 e. The van der Waals surface area contributed by atoms with E-state index in [1.54, 1.807) is 31.9 Å². The second kappa shape index (κ2) is 8.10. The Bertz CT molecular complexity index is 767. The molecule has 1 aromatic rings. The highest BCUT2D eigenvalue weighted by atomic mass is 32.2. The predicted octanol–water partition coefficient (Wildman–Crippen LogP) is 3.67. The van der Waals surface area contributed by atoms with Crippen LogP contribution in [0.4, 0.5) is 5.69 Å². The van der Waals surface area contributed by atoms with Gasteiger partial charge in [-0.15, -0.1) is 0 Å². The highest BCUT2D eigenvalue weighted by molar-refractivity contribution is 8.01. The van der Waals surface area contributed by atoms with Crippen molar-refractivity contribution in [2.24, 2.45) is 0 Å². The fourth-order valence-corrected chi connectivity index (χ4v) is 5.85. The molecule has 1 aliphatic rings. The van der Waals surface area contributed by atoms with E-state index >= 15 is 0 Å². The van der Waals surface area contributed by atoms with Crippen LogP contribution >= 0.6 is 11.9 Å². The second-order valence-electron chi connectivity index (χ2n) is 5.94. The Morgan fingerprint density at radius 2 is 1.62 bits per heavy atom. The molecule has 24 heavy (non-hydrogen) atoms. The van der Waals surface area contributed by atoms with Gasteiger partial charge in [-0.05, 0) is 43.0 Å². The van der Waals surface area contributed by atoms with Crippen molar-refractivity contribution in [1.82, 2.24) is 0 Å². The van der Waals surface area contributed by atoms with Crippen molar-refractivity contribution in [1.29, 1.82) is 0 Å². The van der Waals surface area contributed by atoms with E-state index in [2.05, 4.69) is 4.72 Å². The molecule has 0 bridgehead atoms. The van der Waals surface area contributed by atoms with Crippen molar-refractivity contribution in [3.05, 3.63) is 18.2 Å². The summed E-state index contributed by atoms with van der Waals surface area (Å²) in [6, 6.07) is 4.35. The van der Waals surface area contributed by atoms with Crippen LogP contribution < -0.4 is 4.72 Å². The molecule has 5 nitrogen and oxygen atoms in total. The number of sulfone groups is 2. The Hall–Kier alpha value is -0.730. The fourth-order valence-electron chi connectivity index (χ4n) is 2.69. The summed E-state index contributed by atoms with van der Waals surface area (Å²) in [5, 5.41) is 0.468. The second-order valence-corrected chi connectivity index (χ2v) is 11.6. The standard InChI is InChI=1S/C16H25NO4S3/c1-3-23(18,19)14-10-11-15(16(12-14)24(20,21)4-2)17-22-13-8-6-5-7-9-13/h10-13,17H,3-9H2,1-2H3. The maximum atomic E-state index is 12.4. The van der Waals surface area contributed by atoms with Crippen molar-refractivity contribution < 1.29 is 16.8 Å². The molecule has 0 heterocycles. The fraction of sp³-hybridized carbons (Fsp3) is 0.625. The zero-order chi connectivity index (χ0) is 17.8. The first-order valence-corrected chi connectivity index (χ1v) is 12.5. The lowest BCUT2D eigenvalue weighted by molar-refractivity contribution is 0.516. The molecule has 0 atom stereocenters. The molecule has 0 spiro atoms. The molecule has 0 radical (unpaired) electrons. The first-order valence-electron chi connectivity index (χ1n) is 8.31. The maximum absolute atomic E-state index is 12.4. The van der Waals surface area contributed by atoms with Crippen molar-refractivity contribution in [3.8, 4) is 0 Å². The highest BCUT2D eigenvalue weighted by Gasteiger charge is 2.22. The van der Waals surface area contributed by atoms with Gasteiger partial charge in [0.2, 0.25) is 0 Å². The Labute approximate surface area is 149 Å². The van der Waals surface area contributed by atoms with Crippen LogP contribution in [0, 0.1) is 0 Å². The lowest BCUT2D eigenvalue weighted by atomic mass is 10.0. The first kappa shape index (κ1) is 19.6. The molecule has 136 valence electrons. The van der Waals surface area contributed by atoms with E-state index in [0.29, 0.717) is 10.9 Å². The van der Waals surface area contributed by atoms with Gasteiger partial charge in [0.1, 0.15) is 0 Å². The van der Waals surface area contributed by atoms with E-state index in [0.717, 1.165) is 12.8 Å². The van der Waals surface area contributed by atoms with Crippen LogP contribution in [0.3, 0.4) is 0 Å². The van der Waals surface area contributed by atoms with Crippen LogP contribution in [0.5, 0.6) is 0 Å². The topological polar surface area (TPSA) is 80.3 Å². The summed E-state index contributed by atoms with van der Waals surface area (Å²) in [7, 11) is -6.95. The molecular formula is C16H25NO4S3. The van der Waals surface area contributed by atoms with Gasteiger partial charge in [0.25, 0.3) is 0 Å². The third kappa shape index (κ3) is 4.67. The van der Waals surface area contributed by atoms with E-state index in [-0.39, 0.29) is 21.3 Å². The Morgan fingerprint density at radius 3 is 2.21 bits per heavy atom. The molecule has 1 fully saturated rings. The average Bonchev–Trinajstić information content (AvgIpc) is 2.60. The molecule has 2 rings (SSSR count). The summed E-state index contributed by atoms with van der Waals surface area (Å²) >= 11 is 1.55. The SMILES string of the molecule is CCS(=O)(=O)c1ccc(NSC2CCCCC2)c(S(=O)(=O)CC)c1. The summed E-state index contributed by atoms with van der Waals surface area (Å²) in [5.41, 5.74) is 0.475. The minimum absolute atomic E-state index is 0.0534. The van der Waals surface area contributed by atoms with Gasteiger partial charge in [0.05, 0.1) is 27.0 Å². The van der Waals surface area contributed by atoms with Crippen LogP contribution in [0.25, 0.3) is 0 Å². The van der Waals surface area contributed by atoms with Crippen molar-refractivity contribution >= 4 is 37.3 Å². The van der Waals surface area contributed by atoms with Gasteiger partial charge in [0.15, 0.2) is 19.7 Å². The molecule has 0 unspecified atom stereocenters. The van der Waals surface area contributed by atoms with E-state index in [4.69, 9.17) is 0 Å². The van der Waals surface area contributed by atoms with Gasteiger partial charge >= 0.3 is 0 Å². The Kier molecular flexibility index (Phi) is 6.61. The van der Waals surface area contributed by atoms with Gasteiger partial charge < -0.3 is 4.72 Å². The smallest absolute Gasteiger partial charge is 0.180 e. The van der Waals surface area contributed by atoms with Gasteiger partial charge in [-0.25, -0.2) is 16.8 Å². The predicted molar refractivity (Wildman–Crippen MR) is 100.0 cm³/mol. The highest BCUT2D eigenvalue weighted by Crippen LogP contribution is 2.33. The number of nitrogens with one attached hydrogen (secondary N) is 1. The summed E-state index contributed by atoms with van der Waals surface area (Å²) < 4.78 is 52.1. The van der Waals surface area contributed by atoms with Crippen molar-refractivity contribution in [2.75, 3.05) is 16.2 Å². The summed E-state index contributed by atoms with van der Waals surface area (Å²) in [6.07, 6.45) is 5.90. The first-order chi connectivity index (χ1) is 11.3. The quantitative estimate of drug-likeness (QED) is 0.714. The maximum Gasteiger partial charge on any atom is 0.180 e. The van der Waals surface area contributed by atoms with E-state index < -0.39 is 19.7 Å². The van der Waals surface area contributed by atoms with E-state index in [1.807, 2.05) is 0 Å². The average molecular weight is 392 g/mol. The summed E-state index contributed by atoms with van der Waals surface area (Å²) in [6.45, 7) is 3.11. The van der Waals surface area contributed by atoms with Gasteiger partial charge in [0, 0.05) is 5.25 Å². The van der Waals surface area contributed by atoms with Crippen LogP contribution in [0.2, 0.25) is 0 Å². The zero-order valence-electron chi connectivity index (χ0n) is 14.1. The minimum atomic E-state index is -3.51. The molecule has 1 saturated carbocycles. The van der Waals surface area contributed by atoms with Crippen LogP contribution in [-0.2, 0) is 19.7 Å². The molecule has 1 N–H and O–H groups in total. The number of hydrogen-bond donors (Lipinski definition) is 1. The molecular weight excluding hydrogens is 366 g/mol.